The van der Waals surface area contributed by atoms with Gasteiger partial charge in [0.25, 0.3) is 0 Å². The lowest BCUT2D eigenvalue weighted by Crippen LogP contribution is -2.18. The van der Waals surface area contributed by atoms with Gasteiger partial charge in [-0.25, -0.2) is 10.1 Å². The van der Waals surface area contributed by atoms with Crippen molar-refractivity contribution in [2.45, 2.75) is 0 Å². The monoisotopic (exact) mass is 206 g/mol. The molecule has 12 heavy (non-hydrogen) atoms. The molecule has 0 N–H and O–H groups in total. The second-order valence-electron chi connectivity index (χ2n) is 1.95. The topological polar surface area (TPSA) is 46.4 Å². The van der Waals surface area contributed by atoms with Gasteiger partial charge >= 0.3 is 0 Å². The third-order valence-corrected chi connectivity index (χ3v) is 1.82. The van der Waals surface area contributed by atoms with Crippen molar-refractivity contribution >= 4 is 29.1 Å². The first kappa shape index (κ1) is 9.09. The van der Waals surface area contributed by atoms with Gasteiger partial charge in [-0.1, -0.05) is 23.7 Å². The number of benzene rings is 1. The van der Waals surface area contributed by atoms with E-state index in [0.29, 0.717) is 4.53 Å². The summed E-state index contributed by atoms with van der Waals surface area (Å²) in [6, 6.07) is 6.25. The molecular weight excluding hydrogens is 203 g/mol. The second-order valence-corrected chi connectivity index (χ2v) is 2.68. The van der Waals surface area contributed by atoms with E-state index in [4.69, 9.17) is 23.4 Å². The summed E-state index contributed by atoms with van der Waals surface area (Å²) in [5.74, 6) is 0. The number of hydrogen-bond acceptors (Lipinski definition) is 2. The molecule has 0 fully saturated rings. The summed E-state index contributed by atoms with van der Waals surface area (Å²) >= 11 is 10.9. The van der Waals surface area contributed by atoms with Gasteiger partial charge in [-0.05, 0) is 12.1 Å². The van der Waals surface area contributed by atoms with Crippen LogP contribution in [0.3, 0.4) is 0 Å². The van der Waals surface area contributed by atoms with Crippen LogP contribution in [0.15, 0.2) is 24.3 Å². The Bertz CT molecular complexity index is 305. The van der Waals surface area contributed by atoms with Gasteiger partial charge < -0.3 is 0 Å². The summed E-state index contributed by atoms with van der Waals surface area (Å²) in [6.45, 7) is 0. The predicted octanol–water partition coefficient (Wildman–Crippen LogP) is 2.49. The molecular formula is C6H4Cl2N2O2. The van der Waals surface area contributed by atoms with E-state index in [9.17, 15) is 10.1 Å². The van der Waals surface area contributed by atoms with E-state index in [1.54, 1.807) is 12.1 Å². The average molecular weight is 207 g/mol. The zero-order chi connectivity index (χ0) is 9.14. The molecule has 6 heteroatoms. The van der Waals surface area contributed by atoms with Gasteiger partial charge in [0.1, 0.15) is 5.69 Å². The van der Waals surface area contributed by atoms with Crippen LogP contribution in [-0.2, 0) is 0 Å². The maximum absolute atomic E-state index is 10.2. The molecule has 0 atom stereocenters. The van der Waals surface area contributed by atoms with E-state index < -0.39 is 5.03 Å². The van der Waals surface area contributed by atoms with Crippen LogP contribution in [0.25, 0.3) is 0 Å². The lowest BCUT2D eigenvalue weighted by Gasteiger charge is -2.05. The van der Waals surface area contributed by atoms with E-state index >= 15 is 0 Å². The van der Waals surface area contributed by atoms with Crippen LogP contribution >= 0.6 is 23.4 Å². The molecule has 0 heterocycles. The lowest BCUT2D eigenvalue weighted by molar-refractivity contribution is -0.475. The van der Waals surface area contributed by atoms with Crippen LogP contribution in [0.5, 0.6) is 0 Å². The Balaban J connectivity index is 3.02. The molecule has 1 aromatic rings. The van der Waals surface area contributed by atoms with Gasteiger partial charge in [0, 0.05) is 4.53 Å². The molecule has 0 unspecified atom stereocenters. The van der Waals surface area contributed by atoms with Crippen molar-refractivity contribution in [1.82, 2.24) is 0 Å². The highest BCUT2D eigenvalue weighted by Crippen LogP contribution is 2.26. The van der Waals surface area contributed by atoms with Gasteiger partial charge in [0.05, 0.1) is 16.8 Å². The van der Waals surface area contributed by atoms with Crippen molar-refractivity contribution in [1.29, 1.82) is 0 Å². The molecule has 0 aliphatic heterocycles. The van der Waals surface area contributed by atoms with Gasteiger partial charge in [-0.3, -0.25) is 0 Å². The Morgan fingerprint density at radius 3 is 2.50 bits per heavy atom. The van der Waals surface area contributed by atoms with Crippen LogP contribution < -0.4 is 4.53 Å². The molecule has 0 aliphatic rings. The van der Waals surface area contributed by atoms with E-state index in [1.807, 2.05) is 0 Å². The summed E-state index contributed by atoms with van der Waals surface area (Å²) in [7, 11) is 0. The predicted molar refractivity (Wildman–Crippen MR) is 46.8 cm³/mol. The van der Waals surface area contributed by atoms with Crippen molar-refractivity contribution in [3.63, 3.8) is 0 Å². The molecule has 0 spiro atoms. The first-order valence-electron chi connectivity index (χ1n) is 2.97. The molecule has 0 aliphatic carbocycles. The zero-order valence-corrected chi connectivity index (χ0v) is 7.29. The first-order valence-corrected chi connectivity index (χ1v) is 3.69. The summed E-state index contributed by atoms with van der Waals surface area (Å²) in [5.41, 5.74) is 0.158. The Kier molecular flexibility index (Phi) is 2.73. The number of hydrazine groups is 1. The molecule has 0 amide bonds. The highest BCUT2D eigenvalue weighted by atomic mass is 35.5. The summed E-state index contributed by atoms with van der Waals surface area (Å²) in [6.07, 6.45) is 0. The van der Waals surface area contributed by atoms with E-state index in [-0.39, 0.29) is 10.7 Å². The van der Waals surface area contributed by atoms with Crippen molar-refractivity contribution in [3.8, 4) is 0 Å². The van der Waals surface area contributed by atoms with Crippen molar-refractivity contribution < 1.29 is 5.03 Å². The smallest absolute Gasteiger partial charge is 0.181 e. The maximum Gasteiger partial charge on any atom is 0.181 e. The zero-order valence-electron chi connectivity index (χ0n) is 5.78. The van der Waals surface area contributed by atoms with Crippen molar-refractivity contribution in [2.75, 3.05) is 4.53 Å². The first-order chi connectivity index (χ1) is 5.63. The van der Waals surface area contributed by atoms with Gasteiger partial charge in [0.2, 0.25) is 0 Å². The standard InChI is InChI=1S/C6H4Cl2N2O2/c7-5-3-1-2-4-6(5)9(8)10(11)12/h1-4H. The highest BCUT2D eigenvalue weighted by molar-refractivity contribution is 6.35. The molecule has 0 bridgehead atoms. The average Bonchev–Trinajstić information content (AvgIpc) is 2.04. The highest BCUT2D eigenvalue weighted by Gasteiger charge is 2.16. The molecule has 0 aromatic heterocycles. The fraction of sp³-hybridized carbons (Fsp3) is 0. The Labute approximate surface area is 78.5 Å². The molecule has 64 valence electrons. The SMILES string of the molecule is O=[N+]([O-])N(Cl)c1ccccc1Cl. The van der Waals surface area contributed by atoms with Crippen LogP contribution in [0.2, 0.25) is 5.02 Å². The van der Waals surface area contributed by atoms with E-state index in [1.165, 1.54) is 12.1 Å². The third kappa shape index (κ3) is 1.78. The largest absolute Gasteiger partial charge is 0.233 e. The number of halogens is 2. The molecule has 0 saturated heterocycles. The number of rotatable bonds is 2. The molecule has 0 saturated carbocycles. The quantitative estimate of drug-likeness (QED) is 0.425. The number of para-hydroxylation sites is 1. The minimum absolute atomic E-state index is 0.158. The summed E-state index contributed by atoms with van der Waals surface area (Å²) in [5, 5.41) is 9.67. The van der Waals surface area contributed by atoms with E-state index in [0.717, 1.165) is 0 Å². The minimum atomic E-state index is -0.761. The lowest BCUT2D eigenvalue weighted by atomic mass is 10.3. The molecule has 1 aromatic carbocycles. The Hall–Kier alpha value is -1.00. The van der Waals surface area contributed by atoms with Gasteiger partial charge in [0.15, 0.2) is 5.03 Å². The molecule has 0 radical (unpaired) electrons. The maximum atomic E-state index is 10.2. The summed E-state index contributed by atoms with van der Waals surface area (Å²) < 4.78 is 0.350. The number of hydrogen-bond donors (Lipinski definition) is 0. The van der Waals surface area contributed by atoms with Crippen LogP contribution in [-0.4, -0.2) is 5.03 Å². The fourth-order valence-corrected chi connectivity index (χ4v) is 1.10. The van der Waals surface area contributed by atoms with Gasteiger partial charge in [-0.15, -0.1) is 0 Å². The van der Waals surface area contributed by atoms with Crippen LogP contribution in [0, 0.1) is 10.1 Å². The Morgan fingerprint density at radius 2 is 2.00 bits per heavy atom. The van der Waals surface area contributed by atoms with Crippen LogP contribution in [0.4, 0.5) is 5.69 Å². The summed E-state index contributed by atoms with van der Waals surface area (Å²) in [4.78, 5) is 10.2. The number of anilines is 1. The molecule has 1 rings (SSSR count). The Morgan fingerprint density at radius 1 is 1.42 bits per heavy atom. The second kappa shape index (κ2) is 3.60. The molecule has 4 nitrogen and oxygen atoms in total. The normalized spacial score (nSPS) is 9.50. The van der Waals surface area contributed by atoms with Crippen molar-refractivity contribution in [2.24, 2.45) is 0 Å². The fourth-order valence-electron chi connectivity index (χ4n) is 0.689. The van der Waals surface area contributed by atoms with Crippen molar-refractivity contribution in [3.05, 3.63) is 39.4 Å². The minimum Gasteiger partial charge on any atom is -0.233 e. The van der Waals surface area contributed by atoms with E-state index in [2.05, 4.69) is 0 Å². The van der Waals surface area contributed by atoms with Crippen LogP contribution in [0.1, 0.15) is 0 Å². The number of nitro groups is 1. The number of nitrogens with zero attached hydrogens (tertiary/aromatic N) is 2. The van der Waals surface area contributed by atoms with Gasteiger partial charge in [-0.2, -0.15) is 0 Å². The third-order valence-electron chi connectivity index (χ3n) is 1.19.